The standard InChI is InChI=1S/C7H8O3S.C5H6N2/c1-6-2-4-7(5-3-6)11(8,9)10;6-5-3-1-2-4-7-5/h2-5H,1H3,(H,8,9,10);1-4H,(H2,6,7). The minimum Gasteiger partial charge on any atom is -0.384 e. The lowest BCUT2D eigenvalue weighted by Gasteiger charge is -1.95. The summed E-state index contributed by atoms with van der Waals surface area (Å²) in [4.78, 5) is 3.69. The van der Waals surface area contributed by atoms with Gasteiger partial charge in [-0.15, -0.1) is 0 Å². The zero-order valence-corrected chi connectivity index (χ0v) is 10.6. The highest BCUT2D eigenvalue weighted by molar-refractivity contribution is 7.85. The monoisotopic (exact) mass is 266 g/mol. The number of hydrogen-bond donors (Lipinski definition) is 2. The predicted molar refractivity (Wildman–Crippen MR) is 69.6 cm³/mol. The summed E-state index contributed by atoms with van der Waals surface area (Å²) in [5.41, 5.74) is 6.20. The van der Waals surface area contributed by atoms with Crippen LogP contribution in [0, 0.1) is 6.92 Å². The van der Waals surface area contributed by atoms with Crippen LogP contribution in [-0.2, 0) is 10.1 Å². The molecule has 18 heavy (non-hydrogen) atoms. The fraction of sp³-hybridized carbons (Fsp3) is 0.0833. The molecule has 96 valence electrons. The SMILES string of the molecule is Cc1ccc(S(=O)(=O)O)cc1.Nc1ccccn1. The van der Waals surface area contributed by atoms with Gasteiger partial charge in [-0.3, -0.25) is 4.55 Å². The largest absolute Gasteiger partial charge is 0.384 e. The van der Waals surface area contributed by atoms with Crippen molar-refractivity contribution in [1.29, 1.82) is 0 Å². The van der Waals surface area contributed by atoms with E-state index in [2.05, 4.69) is 4.98 Å². The van der Waals surface area contributed by atoms with E-state index in [1.54, 1.807) is 24.4 Å². The summed E-state index contributed by atoms with van der Waals surface area (Å²) in [6.45, 7) is 1.84. The van der Waals surface area contributed by atoms with Gasteiger partial charge in [0.1, 0.15) is 5.82 Å². The summed E-state index contributed by atoms with van der Waals surface area (Å²) >= 11 is 0. The Hall–Kier alpha value is -1.92. The van der Waals surface area contributed by atoms with E-state index in [1.165, 1.54) is 12.1 Å². The highest BCUT2D eigenvalue weighted by Crippen LogP contribution is 2.08. The van der Waals surface area contributed by atoms with Crippen LogP contribution < -0.4 is 5.73 Å². The molecule has 0 amide bonds. The van der Waals surface area contributed by atoms with E-state index in [-0.39, 0.29) is 4.90 Å². The van der Waals surface area contributed by atoms with Crippen LogP contribution in [0.25, 0.3) is 0 Å². The van der Waals surface area contributed by atoms with Gasteiger partial charge in [0.15, 0.2) is 0 Å². The summed E-state index contributed by atoms with van der Waals surface area (Å²) in [7, 11) is -4.02. The third-order valence-corrected chi connectivity index (χ3v) is 2.87. The second kappa shape index (κ2) is 6.13. The van der Waals surface area contributed by atoms with Crippen molar-refractivity contribution < 1.29 is 13.0 Å². The number of aromatic nitrogens is 1. The minimum absolute atomic E-state index is 0.0666. The number of hydrogen-bond acceptors (Lipinski definition) is 4. The lowest BCUT2D eigenvalue weighted by Crippen LogP contribution is -1.96. The summed E-state index contributed by atoms with van der Waals surface area (Å²) in [6.07, 6.45) is 1.66. The van der Waals surface area contributed by atoms with E-state index >= 15 is 0 Å². The van der Waals surface area contributed by atoms with Crippen molar-refractivity contribution in [2.45, 2.75) is 11.8 Å². The first kappa shape index (κ1) is 14.1. The quantitative estimate of drug-likeness (QED) is 0.769. The third-order valence-electron chi connectivity index (χ3n) is 2.01. The number of pyridine rings is 1. The molecule has 0 aliphatic heterocycles. The van der Waals surface area contributed by atoms with Gasteiger partial charge in [-0.05, 0) is 31.2 Å². The van der Waals surface area contributed by atoms with Crippen LogP contribution in [0.15, 0.2) is 53.6 Å². The van der Waals surface area contributed by atoms with Crippen LogP contribution in [0.5, 0.6) is 0 Å². The van der Waals surface area contributed by atoms with Gasteiger partial charge >= 0.3 is 0 Å². The first-order valence-electron chi connectivity index (χ1n) is 5.10. The highest BCUT2D eigenvalue weighted by Gasteiger charge is 2.06. The molecule has 0 spiro atoms. The molecule has 2 aromatic rings. The van der Waals surface area contributed by atoms with Gasteiger partial charge in [0.05, 0.1) is 4.90 Å². The smallest absolute Gasteiger partial charge is 0.294 e. The van der Waals surface area contributed by atoms with Crippen molar-refractivity contribution in [3.63, 3.8) is 0 Å². The summed E-state index contributed by atoms with van der Waals surface area (Å²) < 4.78 is 29.6. The Morgan fingerprint density at radius 2 is 1.72 bits per heavy atom. The Morgan fingerprint density at radius 3 is 2.06 bits per heavy atom. The third kappa shape index (κ3) is 4.94. The molecular formula is C12H14N2O3S. The van der Waals surface area contributed by atoms with Crippen LogP contribution in [0.2, 0.25) is 0 Å². The minimum atomic E-state index is -4.02. The molecule has 0 saturated carbocycles. The van der Waals surface area contributed by atoms with E-state index in [0.717, 1.165) is 5.56 Å². The van der Waals surface area contributed by atoms with Crippen molar-refractivity contribution in [3.05, 3.63) is 54.2 Å². The molecule has 0 radical (unpaired) electrons. The van der Waals surface area contributed by atoms with Crippen LogP contribution in [0.1, 0.15) is 5.56 Å². The van der Waals surface area contributed by atoms with E-state index in [9.17, 15) is 8.42 Å². The van der Waals surface area contributed by atoms with E-state index < -0.39 is 10.1 Å². The average Bonchev–Trinajstić information content (AvgIpc) is 2.30. The Bertz CT molecular complexity index is 580. The molecular weight excluding hydrogens is 252 g/mol. The van der Waals surface area contributed by atoms with Gasteiger partial charge in [-0.2, -0.15) is 8.42 Å². The molecule has 3 N–H and O–H groups in total. The summed E-state index contributed by atoms with van der Waals surface area (Å²) in [5, 5.41) is 0. The van der Waals surface area contributed by atoms with E-state index in [4.69, 9.17) is 10.3 Å². The first-order chi connectivity index (χ1) is 8.39. The van der Waals surface area contributed by atoms with E-state index in [1.807, 2.05) is 19.1 Å². The Labute approximate surface area is 106 Å². The normalized spacial score (nSPS) is 10.3. The predicted octanol–water partition coefficient (Wildman–Crippen LogP) is 1.91. The number of aryl methyl sites for hydroxylation is 1. The number of nitrogens with two attached hydrogens (primary N) is 1. The topological polar surface area (TPSA) is 93.3 Å². The van der Waals surface area contributed by atoms with Crippen molar-refractivity contribution in [2.24, 2.45) is 0 Å². The van der Waals surface area contributed by atoms with Gasteiger partial charge in [0, 0.05) is 6.20 Å². The summed E-state index contributed by atoms with van der Waals surface area (Å²) in [6, 6.07) is 11.4. The zero-order chi connectivity index (χ0) is 13.6. The second-order valence-corrected chi connectivity index (χ2v) is 4.96. The van der Waals surface area contributed by atoms with Gasteiger partial charge in [-0.25, -0.2) is 4.98 Å². The first-order valence-corrected chi connectivity index (χ1v) is 6.54. The Balaban J connectivity index is 0.000000199. The maximum atomic E-state index is 10.5. The molecule has 1 heterocycles. The van der Waals surface area contributed by atoms with Crippen LogP contribution in [-0.4, -0.2) is 18.0 Å². The zero-order valence-electron chi connectivity index (χ0n) is 9.82. The molecule has 0 aliphatic carbocycles. The maximum Gasteiger partial charge on any atom is 0.294 e. The van der Waals surface area contributed by atoms with Crippen LogP contribution in [0.4, 0.5) is 5.82 Å². The Morgan fingerprint density at radius 1 is 1.11 bits per heavy atom. The molecule has 0 unspecified atom stereocenters. The molecule has 1 aromatic heterocycles. The lowest BCUT2D eigenvalue weighted by molar-refractivity contribution is 0.483. The van der Waals surface area contributed by atoms with Crippen LogP contribution >= 0.6 is 0 Å². The number of nitrogens with zero attached hydrogens (tertiary/aromatic N) is 1. The molecule has 2 rings (SSSR count). The van der Waals surface area contributed by atoms with Crippen LogP contribution in [0.3, 0.4) is 0 Å². The number of rotatable bonds is 1. The van der Waals surface area contributed by atoms with E-state index in [0.29, 0.717) is 5.82 Å². The summed E-state index contributed by atoms with van der Waals surface area (Å²) in [5.74, 6) is 0.572. The molecule has 0 atom stereocenters. The van der Waals surface area contributed by atoms with Crippen molar-refractivity contribution in [3.8, 4) is 0 Å². The molecule has 0 saturated heterocycles. The lowest BCUT2D eigenvalue weighted by atomic mass is 10.2. The number of nitrogen functional groups attached to an aromatic ring is 1. The molecule has 1 aromatic carbocycles. The van der Waals surface area contributed by atoms with Gasteiger partial charge < -0.3 is 5.73 Å². The second-order valence-electron chi connectivity index (χ2n) is 3.54. The van der Waals surface area contributed by atoms with Crippen molar-refractivity contribution >= 4 is 15.9 Å². The van der Waals surface area contributed by atoms with Gasteiger partial charge in [-0.1, -0.05) is 23.8 Å². The fourth-order valence-corrected chi connectivity index (χ4v) is 1.57. The molecule has 6 heteroatoms. The Kier molecular flexibility index (Phi) is 4.82. The number of anilines is 1. The molecule has 0 fully saturated rings. The van der Waals surface area contributed by atoms with Crippen molar-refractivity contribution in [2.75, 3.05) is 5.73 Å². The van der Waals surface area contributed by atoms with Crippen molar-refractivity contribution in [1.82, 2.24) is 4.98 Å². The fourth-order valence-electron chi connectivity index (χ4n) is 1.09. The molecule has 0 bridgehead atoms. The van der Waals surface area contributed by atoms with Gasteiger partial charge in [0.25, 0.3) is 10.1 Å². The highest BCUT2D eigenvalue weighted by atomic mass is 32.2. The molecule has 0 aliphatic rings. The number of benzene rings is 1. The average molecular weight is 266 g/mol. The van der Waals surface area contributed by atoms with Gasteiger partial charge in [0.2, 0.25) is 0 Å². The maximum absolute atomic E-state index is 10.5. The molecule has 5 nitrogen and oxygen atoms in total.